The molecule has 0 spiro atoms. The van der Waals surface area contributed by atoms with Crippen LogP contribution in [0.25, 0.3) is 0 Å². The van der Waals surface area contributed by atoms with Crippen molar-refractivity contribution in [1.82, 2.24) is 0 Å². The molecule has 1 unspecified atom stereocenters. The lowest BCUT2D eigenvalue weighted by Crippen LogP contribution is -2.18. The Labute approximate surface area is 178 Å². The highest BCUT2D eigenvalue weighted by Gasteiger charge is 2.22. The van der Waals surface area contributed by atoms with Crippen LogP contribution < -0.4 is 19.5 Å². The number of fused-ring (bicyclic) bond motifs is 1. The lowest BCUT2D eigenvalue weighted by molar-refractivity contribution is 0.200. The number of aryl methyl sites for hydroxylation is 2. The van der Waals surface area contributed by atoms with Crippen molar-refractivity contribution in [3.63, 3.8) is 0 Å². The van der Waals surface area contributed by atoms with Crippen LogP contribution in [0.2, 0.25) is 0 Å². The first-order valence-corrected chi connectivity index (χ1v) is 10.4. The Balaban J connectivity index is 1.93. The zero-order chi connectivity index (χ0) is 21.8. The third kappa shape index (κ3) is 5.05. The van der Waals surface area contributed by atoms with E-state index in [0.29, 0.717) is 0 Å². The number of ether oxygens (including phenoxy) is 3. The predicted octanol–water partition coefficient (Wildman–Crippen LogP) is 4.79. The van der Waals surface area contributed by atoms with E-state index < -0.39 is 0 Å². The molecule has 30 heavy (non-hydrogen) atoms. The monoisotopic (exact) mass is 412 g/mol. The second-order valence-electron chi connectivity index (χ2n) is 8.10. The minimum absolute atomic E-state index is 0.00650. The van der Waals surface area contributed by atoms with Gasteiger partial charge < -0.3 is 24.6 Å². The zero-order valence-corrected chi connectivity index (χ0v) is 18.7. The second kappa shape index (κ2) is 9.39. The lowest BCUT2D eigenvalue weighted by atomic mass is 10.0. The Bertz CT molecular complexity index is 899. The maximum absolute atomic E-state index is 9.04. The third-order valence-electron chi connectivity index (χ3n) is 4.63. The van der Waals surface area contributed by atoms with Crippen molar-refractivity contribution in [2.45, 2.75) is 59.9 Å². The number of hydrogen-bond donors (Lipinski definition) is 2. The third-order valence-corrected chi connectivity index (χ3v) is 4.63. The molecule has 0 aromatic heterocycles. The van der Waals surface area contributed by atoms with E-state index in [1.54, 1.807) is 0 Å². The van der Waals surface area contributed by atoms with Crippen molar-refractivity contribution in [3.8, 4) is 17.2 Å². The van der Waals surface area contributed by atoms with Gasteiger partial charge in [0.2, 0.25) is 0 Å². The SMILES string of the molecule is Cc1cc(C2N=Cc3c(cc(OC(C)C)cc3OC(C)C)N2)cc(C)c1OCCO. The van der Waals surface area contributed by atoms with E-state index in [0.717, 1.165) is 45.2 Å². The molecule has 1 heterocycles. The minimum Gasteiger partial charge on any atom is -0.491 e. The van der Waals surface area contributed by atoms with Crippen molar-refractivity contribution >= 4 is 11.9 Å². The van der Waals surface area contributed by atoms with Gasteiger partial charge in [-0.2, -0.15) is 0 Å². The molecular weight excluding hydrogens is 380 g/mol. The van der Waals surface area contributed by atoms with Crippen molar-refractivity contribution in [2.24, 2.45) is 4.99 Å². The standard InChI is InChI=1S/C24H32N2O4/c1-14(2)29-19-11-21-20(22(12-19)30-15(3)4)13-25-24(26-21)18-9-16(5)23(17(6)10-18)28-8-7-27/h9-15,24,26-27H,7-8H2,1-6H3. The summed E-state index contributed by atoms with van der Waals surface area (Å²) < 4.78 is 17.6. The summed E-state index contributed by atoms with van der Waals surface area (Å²) >= 11 is 0. The Morgan fingerprint density at radius 1 is 1.00 bits per heavy atom. The summed E-state index contributed by atoms with van der Waals surface area (Å²) in [7, 11) is 0. The molecule has 1 aliphatic rings. The number of aliphatic hydroxyl groups is 1. The number of aliphatic imine (C=N–C) groups is 1. The molecule has 1 atom stereocenters. The molecule has 162 valence electrons. The molecule has 0 aliphatic carbocycles. The summed E-state index contributed by atoms with van der Waals surface area (Å²) in [6, 6.07) is 8.06. The predicted molar refractivity (Wildman–Crippen MR) is 120 cm³/mol. The molecule has 3 rings (SSSR count). The minimum atomic E-state index is -0.219. The number of nitrogens with one attached hydrogen (secondary N) is 1. The largest absolute Gasteiger partial charge is 0.491 e. The molecule has 0 fully saturated rings. The quantitative estimate of drug-likeness (QED) is 0.652. The van der Waals surface area contributed by atoms with Gasteiger partial charge in [-0.15, -0.1) is 0 Å². The van der Waals surface area contributed by atoms with Gasteiger partial charge in [-0.25, -0.2) is 0 Å². The lowest BCUT2D eigenvalue weighted by Gasteiger charge is -2.26. The fourth-order valence-electron chi connectivity index (χ4n) is 3.57. The van der Waals surface area contributed by atoms with Crippen LogP contribution in [0.15, 0.2) is 29.3 Å². The molecule has 0 bridgehead atoms. The molecule has 6 heteroatoms. The van der Waals surface area contributed by atoms with Crippen molar-refractivity contribution in [1.29, 1.82) is 0 Å². The number of rotatable bonds is 8. The summed E-state index contributed by atoms with van der Waals surface area (Å²) in [5.74, 6) is 2.34. The molecular formula is C24H32N2O4. The average molecular weight is 413 g/mol. The summed E-state index contributed by atoms with van der Waals surface area (Å²) in [5.41, 5.74) is 4.93. The fraction of sp³-hybridized carbons (Fsp3) is 0.458. The summed E-state index contributed by atoms with van der Waals surface area (Å²) in [5, 5.41) is 12.6. The molecule has 2 aromatic rings. The van der Waals surface area contributed by atoms with E-state index in [2.05, 4.69) is 17.4 Å². The number of nitrogens with zero attached hydrogens (tertiary/aromatic N) is 1. The first-order chi connectivity index (χ1) is 14.3. The first kappa shape index (κ1) is 22.0. The van der Waals surface area contributed by atoms with Gasteiger partial charge in [0, 0.05) is 18.3 Å². The molecule has 0 radical (unpaired) electrons. The molecule has 2 aromatic carbocycles. The normalized spacial score (nSPS) is 15.2. The fourth-order valence-corrected chi connectivity index (χ4v) is 3.57. The highest BCUT2D eigenvalue weighted by Crippen LogP contribution is 2.38. The van der Waals surface area contributed by atoms with Gasteiger partial charge in [0.1, 0.15) is 30.0 Å². The number of benzene rings is 2. The van der Waals surface area contributed by atoms with Crippen LogP contribution in [0.1, 0.15) is 56.1 Å². The summed E-state index contributed by atoms with van der Waals surface area (Å²) in [6.45, 7) is 12.3. The Morgan fingerprint density at radius 3 is 2.27 bits per heavy atom. The van der Waals surface area contributed by atoms with Crippen LogP contribution in [0.4, 0.5) is 5.69 Å². The Kier molecular flexibility index (Phi) is 6.87. The van der Waals surface area contributed by atoms with Crippen LogP contribution in [0, 0.1) is 13.8 Å². The zero-order valence-electron chi connectivity index (χ0n) is 18.7. The maximum atomic E-state index is 9.04. The molecule has 0 amide bonds. The Morgan fingerprint density at radius 2 is 1.67 bits per heavy atom. The van der Waals surface area contributed by atoms with E-state index >= 15 is 0 Å². The highest BCUT2D eigenvalue weighted by atomic mass is 16.5. The van der Waals surface area contributed by atoms with Crippen LogP contribution >= 0.6 is 0 Å². The van der Waals surface area contributed by atoms with Gasteiger partial charge >= 0.3 is 0 Å². The van der Waals surface area contributed by atoms with Crippen molar-refractivity contribution in [3.05, 3.63) is 46.5 Å². The van der Waals surface area contributed by atoms with Gasteiger partial charge in [-0.05, 0) is 70.4 Å². The van der Waals surface area contributed by atoms with Gasteiger partial charge in [-0.3, -0.25) is 4.99 Å². The van der Waals surface area contributed by atoms with Crippen molar-refractivity contribution in [2.75, 3.05) is 18.5 Å². The summed E-state index contributed by atoms with van der Waals surface area (Å²) in [4.78, 5) is 4.74. The first-order valence-electron chi connectivity index (χ1n) is 10.4. The van der Waals surface area contributed by atoms with Gasteiger partial charge in [0.25, 0.3) is 0 Å². The molecule has 2 N–H and O–H groups in total. The van der Waals surface area contributed by atoms with Crippen LogP contribution in [0.5, 0.6) is 17.2 Å². The topological polar surface area (TPSA) is 72.3 Å². The van der Waals surface area contributed by atoms with Gasteiger partial charge in [0.05, 0.1) is 30.1 Å². The molecule has 0 saturated heterocycles. The van der Waals surface area contributed by atoms with E-state index in [4.69, 9.17) is 24.3 Å². The maximum Gasteiger partial charge on any atom is 0.144 e. The smallest absolute Gasteiger partial charge is 0.144 e. The number of aliphatic hydroxyl groups excluding tert-OH is 1. The average Bonchev–Trinajstić information content (AvgIpc) is 2.66. The Hall–Kier alpha value is -2.73. The van der Waals surface area contributed by atoms with Crippen LogP contribution in [0.3, 0.4) is 0 Å². The second-order valence-corrected chi connectivity index (χ2v) is 8.10. The molecule has 0 saturated carbocycles. The number of hydrogen-bond acceptors (Lipinski definition) is 6. The van der Waals surface area contributed by atoms with E-state index in [9.17, 15) is 0 Å². The van der Waals surface area contributed by atoms with Gasteiger partial charge in [-0.1, -0.05) is 0 Å². The number of anilines is 1. The molecule has 1 aliphatic heterocycles. The summed E-state index contributed by atoms with van der Waals surface area (Å²) in [6.07, 6.45) is 1.77. The highest BCUT2D eigenvalue weighted by molar-refractivity contribution is 5.94. The van der Waals surface area contributed by atoms with E-state index in [1.807, 2.05) is 59.9 Å². The molecule has 6 nitrogen and oxygen atoms in total. The van der Waals surface area contributed by atoms with Gasteiger partial charge in [0.15, 0.2) is 0 Å². The van der Waals surface area contributed by atoms with E-state index in [1.165, 1.54) is 0 Å². The van der Waals surface area contributed by atoms with Crippen LogP contribution in [-0.2, 0) is 0 Å². The van der Waals surface area contributed by atoms with Crippen molar-refractivity contribution < 1.29 is 19.3 Å². The van der Waals surface area contributed by atoms with Crippen LogP contribution in [-0.4, -0.2) is 36.7 Å². The van der Waals surface area contributed by atoms with E-state index in [-0.39, 0.29) is 31.6 Å².